The Morgan fingerprint density at radius 3 is 1.60 bits per heavy atom. The molecule has 0 radical (unpaired) electrons. The summed E-state index contributed by atoms with van der Waals surface area (Å²) in [7, 11) is 1.50. The van der Waals surface area contributed by atoms with E-state index in [0.29, 0.717) is 0 Å². The SMILES string of the molecule is CC.CC(=O)N1CCCC1.CC=O.CN. The fourth-order valence-corrected chi connectivity index (χ4v) is 1.03. The predicted octanol–water partition coefficient (Wildman–Crippen LogP) is 1.44. The van der Waals surface area contributed by atoms with Gasteiger partial charge in [-0.3, -0.25) is 4.79 Å². The molecule has 1 saturated heterocycles. The van der Waals surface area contributed by atoms with Crippen LogP contribution < -0.4 is 5.73 Å². The monoisotopic (exact) mass is 218 g/mol. The van der Waals surface area contributed by atoms with Crippen LogP contribution in [-0.4, -0.2) is 37.2 Å². The van der Waals surface area contributed by atoms with Crippen molar-refractivity contribution in [2.24, 2.45) is 5.73 Å². The molecule has 0 bridgehead atoms. The molecule has 1 rings (SSSR count). The van der Waals surface area contributed by atoms with Gasteiger partial charge < -0.3 is 15.4 Å². The molecule has 0 atom stereocenters. The minimum Gasteiger partial charge on any atom is -0.343 e. The van der Waals surface area contributed by atoms with Gasteiger partial charge in [-0.15, -0.1) is 0 Å². The van der Waals surface area contributed by atoms with E-state index in [-0.39, 0.29) is 5.91 Å². The molecule has 1 fully saturated rings. The normalized spacial score (nSPS) is 12.0. The lowest BCUT2D eigenvalue weighted by atomic mass is 10.4. The van der Waals surface area contributed by atoms with Crippen LogP contribution in [0.4, 0.5) is 0 Å². The maximum absolute atomic E-state index is 10.6. The first-order chi connectivity index (χ1) is 7.22. The first kappa shape index (κ1) is 19.6. The molecule has 0 aliphatic carbocycles. The lowest BCUT2D eigenvalue weighted by molar-refractivity contribution is -0.127. The molecule has 1 aliphatic rings. The van der Waals surface area contributed by atoms with E-state index < -0.39 is 0 Å². The molecule has 0 aromatic rings. The van der Waals surface area contributed by atoms with Gasteiger partial charge in [-0.1, -0.05) is 13.8 Å². The molecule has 4 heteroatoms. The van der Waals surface area contributed by atoms with Gasteiger partial charge in [0.2, 0.25) is 5.91 Å². The topological polar surface area (TPSA) is 63.4 Å². The summed E-state index contributed by atoms with van der Waals surface area (Å²) in [5.74, 6) is 0.225. The van der Waals surface area contributed by atoms with Crippen molar-refractivity contribution in [1.29, 1.82) is 0 Å². The Morgan fingerprint density at radius 1 is 1.20 bits per heavy atom. The molecule has 1 heterocycles. The number of carbonyl (C=O) groups is 2. The number of carbonyl (C=O) groups excluding carboxylic acids is 2. The van der Waals surface area contributed by atoms with Gasteiger partial charge in [0.1, 0.15) is 6.29 Å². The number of amides is 1. The highest BCUT2D eigenvalue weighted by atomic mass is 16.2. The highest BCUT2D eigenvalue weighted by molar-refractivity contribution is 5.73. The maximum Gasteiger partial charge on any atom is 0.219 e. The lowest BCUT2D eigenvalue weighted by Gasteiger charge is -2.10. The van der Waals surface area contributed by atoms with Gasteiger partial charge in [0, 0.05) is 20.0 Å². The van der Waals surface area contributed by atoms with E-state index in [9.17, 15) is 4.79 Å². The van der Waals surface area contributed by atoms with Crippen LogP contribution in [0.1, 0.15) is 40.5 Å². The van der Waals surface area contributed by atoms with Crippen molar-refractivity contribution in [2.45, 2.75) is 40.5 Å². The number of aldehydes is 1. The molecule has 92 valence electrons. The Morgan fingerprint density at radius 2 is 1.47 bits per heavy atom. The molecule has 0 aromatic heterocycles. The van der Waals surface area contributed by atoms with E-state index in [1.165, 1.54) is 26.8 Å². The molecule has 1 aliphatic heterocycles. The fourth-order valence-electron chi connectivity index (χ4n) is 1.03. The molecule has 0 unspecified atom stereocenters. The number of nitrogens with zero attached hydrogens (tertiary/aromatic N) is 1. The third-order valence-corrected chi connectivity index (χ3v) is 1.55. The first-order valence-electron chi connectivity index (χ1n) is 5.45. The number of hydrogen-bond donors (Lipinski definition) is 1. The van der Waals surface area contributed by atoms with Crippen LogP contribution >= 0.6 is 0 Å². The molecule has 4 nitrogen and oxygen atoms in total. The van der Waals surface area contributed by atoms with Crippen molar-refractivity contribution in [2.75, 3.05) is 20.1 Å². The lowest BCUT2D eigenvalue weighted by Crippen LogP contribution is -2.24. The predicted molar refractivity (Wildman–Crippen MR) is 64.7 cm³/mol. The Labute approximate surface area is 93.8 Å². The smallest absolute Gasteiger partial charge is 0.219 e. The maximum atomic E-state index is 10.6. The molecule has 2 N–H and O–H groups in total. The van der Waals surface area contributed by atoms with Gasteiger partial charge in [0.25, 0.3) is 0 Å². The summed E-state index contributed by atoms with van der Waals surface area (Å²) in [6, 6.07) is 0. The van der Waals surface area contributed by atoms with Crippen LogP contribution in [-0.2, 0) is 9.59 Å². The summed E-state index contributed by atoms with van der Waals surface area (Å²) in [6.07, 6.45) is 3.14. The van der Waals surface area contributed by atoms with Gasteiger partial charge in [-0.2, -0.15) is 0 Å². The standard InChI is InChI=1S/C6H11NO.C2H4O.C2H6.CH5N/c1-6(8)7-4-2-3-5-7;1-2-3;2*1-2/h2-5H2,1H3;2H,1H3;1-2H3;2H2,1H3. The van der Waals surface area contributed by atoms with E-state index in [2.05, 4.69) is 5.73 Å². The van der Waals surface area contributed by atoms with Crippen LogP contribution in [0.2, 0.25) is 0 Å². The second kappa shape index (κ2) is 18.8. The number of rotatable bonds is 0. The zero-order valence-electron chi connectivity index (χ0n) is 10.7. The Bertz CT molecular complexity index is 133. The third kappa shape index (κ3) is 15.8. The summed E-state index contributed by atoms with van der Waals surface area (Å²) in [5.41, 5.74) is 4.50. The van der Waals surface area contributed by atoms with Crippen molar-refractivity contribution >= 4 is 12.2 Å². The molecule has 15 heavy (non-hydrogen) atoms. The van der Waals surface area contributed by atoms with Crippen LogP contribution in [0.25, 0.3) is 0 Å². The zero-order chi connectivity index (χ0) is 12.7. The summed E-state index contributed by atoms with van der Waals surface area (Å²) in [4.78, 5) is 21.3. The Kier molecular flexibility index (Phi) is 24.6. The molecule has 0 saturated carbocycles. The Hall–Kier alpha value is -0.900. The molecular weight excluding hydrogens is 192 g/mol. The molecule has 1 amide bonds. The van der Waals surface area contributed by atoms with E-state index in [0.717, 1.165) is 19.4 Å². The summed E-state index contributed by atoms with van der Waals surface area (Å²) >= 11 is 0. The number of nitrogens with two attached hydrogens (primary N) is 1. The quantitative estimate of drug-likeness (QED) is 0.626. The van der Waals surface area contributed by atoms with Crippen molar-refractivity contribution in [3.63, 3.8) is 0 Å². The van der Waals surface area contributed by atoms with Crippen molar-refractivity contribution < 1.29 is 9.59 Å². The zero-order valence-corrected chi connectivity index (χ0v) is 10.7. The second-order valence-electron chi connectivity index (χ2n) is 2.45. The van der Waals surface area contributed by atoms with Crippen LogP contribution in [0, 0.1) is 0 Å². The molecular formula is C11H26N2O2. The minimum absolute atomic E-state index is 0.225. The molecule has 0 spiro atoms. The van der Waals surface area contributed by atoms with Gasteiger partial charge in [0.05, 0.1) is 0 Å². The molecule has 0 aromatic carbocycles. The highest BCUT2D eigenvalue weighted by Crippen LogP contribution is 2.05. The van der Waals surface area contributed by atoms with Crippen LogP contribution in [0.15, 0.2) is 0 Å². The van der Waals surface area contributed by atoms with Crippen LogP contribution in [0.3, 0.4) is 0 Å². The van der Waals surface area contributed by atoms with E-state index in [1.807, 2.05) is 18.7 Å². The van der Waals surface area contributed by atoms with Gasteiger partial charge in [0.15, 0.2) is 0 Å². The fraction of sp³-hybridized carbons (Fsp3) is 0.818. The van der Waals surface area contributed by atoms with Crippen LogP contribution in [0.5, 0.6) is 0 Å². The van der Waals surface area contributed by atoms with E-state index in [4.69, 9.17) is 4.79 Å². The summed E-state index contributed by atoms with van der Waals surface area (Å²) in [5, 5.41) is 0. The number of hydrogen-bond acceptors (Lipinski definition) is 3. The van der Waals surface area contributed by atoms with Gasteiger partial charge in [-0.25, -0.2) is 0 Å². The van der Waals surface area contributed by atoms with Crippen molar-refractivity contribution in [1.82, 2.24) is 4.90 Å². The van der Waals surface area contributed by atoms with Crippen molar-refractivity contribution in [3.8, 4) is 0 Å². The van der Waals surface area contributed by atoms with Gasteiger partial charge >= 0.3 is 0 Å². The second-order valence-corrected chi connectivity index (χ2v) is 2.45. The first-order valence-corrected chi connectivity index (χ1v) is 5.45. The van der Waals surface area contributed by atoms with E-state index >= 15 is 0 Å². The third-order valence-electron chi connectivity index (χ3n) is 1.55. The van der Waals surface area contributed by atoms with E-state index in [1.54, 1.807) is 6.92 Å². The summed E-state index contributed by atoms with van der Waals surface area (Å²) in [6.45, 7) is 9.04. The van der Waals surface area contributed by atoms with Gasteiger partial charge in [-0.05, 0) is 26.8 Å². The Balaban J connectivity index is -0.000000176. The largest absolute Gasteiger partial charge is 0.343 e. The number of likely N-dealkylation sites (tertiary alicyclic amines) is 1. The highest BCUT2D eigenvalue weighted by Gasteiger charge is 2.12. The average molecular weight is 218 g/mol. The average Bonchev–Trinajstić information content (AvgIpc) is 2.78. The minimum atomic E-state index is 0.225. The van der Waals surface area contributed by atoms with Crippen molar-refractivity contribution in [3.05, 3.63) is 0 Å². The summed E-state index contributed by atoms with van der Waals surface area (Å²) < 4.78 is 0.